The summed E-state index contributed by atoms with van der Waals surface area (Å²) in [5.74, 6) is 0.936. The molecule has 0 aliphatic rings. The molecule has 0 aliphatic carbocycles. The fourth-order valence-corrected chi connectivity index (χ4v) is 2.54. The van der Waals surface area contributed by atoms with Crippen molar-refractivity contribution in [3.8, 4) is 0 Å². The molecule has 0 radical (unpaired) electrons. The molecule has 0 saturated carbocycles. The van der Waals surface area contributed by atoms with Crippen molar-refractivity contribution in [2.75, 3.05) is 5.75 Å². The van der Waals surface area contributed by atoms with Crippen LogP contribution in [0.2, 0.25) is 0 Å². The van der Waals surface area contributed by atoms with E-state index in [0.717, 1.165) is 21.5 Å². The van der Waals surface area contributed by atoms with Crippen molar-refractivity contribution in [3.63, 3.8) is 0 Å². The molecule has 68 valence electrons. The normalized spacial score (nSPS) is 13.2. The Morgan fingerprint density at radius 3 is 2.83 bits per heavy atom. The molecule has 0 aliphatic heterocycles. The van der Waals surface area contributed by atoms with Crippen molar-refractivity contribution in [2.45, 2.75) is 30.6 Å². The number of hydrogen-bond acceptors (Lipinski definition) is 5. The van der Waals surface area contributed by atoms with E-state index >= 15 is 0 Å². The highest BCUT2D eigenvalue weighted by atomic mass is 32.2. The van der Waals surface area contributed by atoms with Crippen LogP contribution in [-0.4, -0.2) is 22.0 Å². The fraction of sp³-hybridized carbons (Fsp3) is 0.714. The monoisotopic (exact) mass is 203 g/mol. The van der Waals surface area contributed by atoms with Crippen LogP contribution in [0.15, 0.2) is 4.34 Å². The Morgan fingerprint density at radius 2 is 2.33 bits per heavy atom. The summed E-state index contributed by atoms with van der Waals surface area (Å²) in [5, 5.41) is 8.94. The third kappa shape index (κ3) is 3.08. The van der Waals surface area contributed by atoms with Crippen molar-refractivity contribution >= 4 is 23.1 Å². The number of aryl methyl sites for hydroxylation is 1. The number of nitrogens with zero attached hydrogens (tertiary/aromatic N) is 2. The van der Waals surface area contributed by atoms with Crippen molar-refractivity contribution in [3.05, 3.63) is 5.01 Å². The van der Waals surface area contributed by atoms with Crippen molar-refractivity contribution in [2.24, 2.45) is 5.73 Å². The van der Waals surface area contributed by atoms with Gasteiger partial charge in [-0.1, -0.05) is 30.0 Å². The minimum Gasteiger partial charge on any atom is -0.327 e. The van der Waals surface area contributed by atoms with Crippen LogP contribution in [0.1, 0.15) is 18.4 Å². The van der Waals surface area contributed by atoms with Crippen LogP contribution in [0.3, 0.4) is 0 Å². The molecule has 1 unspecified atom stereocenters. The Hall–Kier alpha value is -0.130. The van der Waals surface area contributed by atoms with Crippen molar-refractivity contribution in [1.29, 1.82) is 0 Å². The van der Waals surface area contributed by atoms with Gasteiger partial charge < -0.3 is 5.73 Å². The quantitative estimate of drug-likeness (QED) is 0.756. The summed E-state index contributed by atoms with van der Waals surface area (Å²) in [6.07, 6.45) is 1.02. The van der Waals surface area contributed by atoms with E-state index in [4.69, 9.17) is 5.73 Å². The third-order valence-corrected chi connectivity index (χ3v) is 3.61. The summed E-state index contributed by atoms with van der Waals surface area (Å²) in [6.45, 7) is 4.05. The van der Waals surface area contributed by atoms with Crippen molar-refractivity contribution in [1.82, 2.24) is 10.2 Å². The van der Waals surface area contributed by atoms with Crippen LogP contribution in [0.4, 0.5) is 0 Å². The maximum atomic E-state index is 5.76. The molecule has 5 heteroatoms. The molecular weight excluding hydrogens is 190 g/mol. The average molecular weight is 203 g/mol. The highest BCUT2D eigenvalue weighted by molar-refractivity contribution is 8.01. The highest BCUT2D eigenvalue weighted by Crippen LogP contribution is 2.22. The summed E-state index contributed by atoms with van der Waals surface area (Å²) in [7, 11) is 0. The third-order valence-electron chi connectivity index (χ3n) is 1.45. The maximum Gasteiger partial charge on any atom is 0.174 e. The van der Waals surface area contributed by atoms with Gasteiger partial charge >= 0.3 is 0 Å². The molecular formula is C7H13N3S2. The van der Waals surface area contributed by atoms with Gasteiger partial charge in [0.05, 0.1) is 0 Å². The van der Waals surface area contributed by atoms with Gasteiger partial charge in [0.1, 0.15) is 5.01 Å². The Morgan fingerprint density at radius 1 is 1.58 bits per heavy atom. The second-order valence-electron chi connectivity index (χ2n) is 2.57. The molecule has 2 N–H and O–H groups in total. The van der Waals surface area contributed by atoms with Crippen LogP contribution in [0, 0.1) is 6.92 Å². The Balaban J connectivity index is 2.33. The smallest absolute Gasteiger partial charge is 0.174 e. The summed E-state index contributed by atoms with van der Waals surface area (Å²) in [5.41, 5.74) is 5.76. The number of thioether (sulfide) groups is 1. The lowest BCUT2D eigenvalue weighted by Gasteiger charge is -2.04. The van der Waals surface area contributed by atoms with E-state index in [-0.39, 0.29) is 6.04 Å². The van der Waals surface area contributed by atoms with Gasteiger partial charge in [-0.2, -0.15) is 0 Å². The van der Waals surface area contributed by atoms with Crippen LogP contribution in [-0.2, 0) is 0 Å². The maximum absolute atomic E-state index is 5.76. The zero-order valence-electron chi connectivity index (χ0n) is 7.28. The van der Waals surface area contributed by atoms with E-state index in [0.29, 0.717) is 0 Å². The zero-order chi connectivity index (χ0) is 8.97. The molecule has 0 fully saturated rings. The predicted molar refractivity (Wildman–Crippen MR) is 53.6 cm³/mol. The molecule has 0 saturated heterocycles. The van der Waals surface area contributed by atoms with Crippen LogP contribution in [0.25, 0.3) is 0 Å². The summed E-state index contributed by atoms with van der Waals surface area (Å²) in [6, 6.07) is 0.277. The topological polar surface area (TPSA) is 51.8 Å². The van der Waals surface area contributed by atoms with Crippen LogP contribution < -0.4 is 5.73 Å². The predicted octanol–water partition coefficient (Wildman–Crippen LogP) is 1.68. The minimum absolute atomic E-state index is 0.277. The molecule has 0 spiro atoms. The Labute approximate surface area is 80.8 Å². The highest BCUT2D eigenvalue weighted by Gasteiger charge is 2.04. The molecule has 0 amide bonds. The molecule has 0 bridgehead atoms. The largest absolute Gasteiger partial charge is 0.327 e. The summed E-state index contributed by atoms with van der Waals surface area (Å²) in [4.78, 5) is 0. The number of hydrogen-bond donors (Lipinski definition) is 1. The van der Waals surface area contributed by atoms with Crippen LogP contribution >= 0.6 is 23.1 Å². The van der Waals surface area contributed by atoms with Gasteiger partial charge in [-0.3, -0.25) is 0 Å². The van der Waals surface area contributed by atoms with Crippen LogP contribution in [0.5, 0.6) is 0 Å². The van der Waals surface area contributed by atoms with Gasteiger partial charge in [0, 0.05) is 11.8 Å². The molecule has 1 aromatic heterocycles. The molecule has 12 heavy (non-hydrogen) atoms. The first-order valence-corrected chi connectivity index (χ1v) is 5.71. The first-order valence-electron chi connectivity index (χ1n) is 3.91. The molecule has 1 aromatic rings. The van der Waals surface area contributed by atoms with Gasteiger partial charge in [-0.25, -0.2) is 0 Å². The number of nitrogens with two attached hydrogens (primary N) is 1. The van der Waals surface area contributed by atoms with E-state index in [9.17, 15) is 0 Å². The van der Waals surface area contributed by atoms with Gasteiger partial charge in [0.2, 0.25) is 0 Å². The summed E-state index contributed by atoms with van der Waals surface area (Å²) >= 11 is 3.32. The van der Waals surface area contributed by atoms with Gasteiger partial charge in [0.25, 0.3) is 0 Å². The zero-order valence-corrected chi connectivity index (χ0v) is 8.91. The first kappa shape index (κ1) is 9.95. The second kappa shape index (κ2) is 4.79. The molecule has 1 heterocycles. The van der Waals surface area contributed by atoms with E-state index in [1.807, 2.05) is 6.92 Å². The molecule has 1 rings (SSSR count). The lowest BCUT2D eigenvalue weighted by Crippen LogP contribution is -2.21. The van der Waals surface area contributed by atoms with Gasteiger partial charge in [-0.15, -0.1) is 10.2 Å². The van der Waals surface area contributed by atoms with Gasteiger partial charge in [-0.05, 0) is 13.3 Å². The number of aromatic nitrogens is 2. The molecule has 1 atom stereocenters. The Bertz CT molecular complexity index is 236. The lowest BCUT2D eigenvalue weighted by atomic mass is 10.3. The standard InChI is InChI=1S/C7H13N3S2/c1-3-6(8)4-11-7-10-9-5(2)12-7/h6H,3-4,8H2,1-2H3. The van der Waals surface area contributed by atoms with Crippen molar-refractivity contribution < 1.29 is 0 Å². The number of rotatable bonds is 4. The lowest BCUT2D eigenvalue weighted by molar-refractivity contribution is 0.724. The Kier molecular flexibility index (Phi) is 3.97. The fourth-order valence-electron chi connectivity index (χ4n) is 0.633. The average Bonchev–Trinajstić information content (AvgIpc) is 2.47. The first-order chi connectivity index (χ1) is 5.72. The molecule has 3 nitrogen and oxygen atoms in total. The SMILES string of the molecule is CCC(N)CSc1nnc(C)s1. The van der Waals surface area contributed by atoms with Gasteiger partial charge in [0.15, 0.2) is 4.34 Å². The van der Waals surface area contributed by atoms with E-state index < -0.39 is 0 Å². The van der Waals surface area contributed by atoms with E-state index in [2.05, 4.69) is 17.1 Å². The van der Waals surface area contributed by atoms with E-state index in [1.165, 1.54) is 0 Å². The minimum atomic E-state index is 0.277. The van der Waals surface area contributed by atoms with E-state index in [1.54, 1.807) is 23.1 Å². The molecule has 0 aromatic carbocycles. The second-order valence-corrected chi connectivity index (χ2v) is 5.02. The summed E-state index contributed by atoms with van der Waals surface area (Å²) < 4.78 is 1.02.